The first-order chi connectivity index (χ1) is 6.39. The van der Waals surface area contributed by atoms with E-state index in [1.807, 2.05) is 0 Å². The number of hydrogen-bond donors (Lipinski definition) is 0. The first kappa shape index (κ1) is 11.3. The second kappa shape index (κ2) is 4.17. The molecule has 1 aromatic heterocycles. The second-order valence-electron chi connectivity index (χ2n) is 3.58. The Labute approximate surface area is 90.7 Å². The molecule has 0 aliphatic heterocycles. The molecule has 0 bridgehead atoms. The third kappa shape index (κ3) is 3.18. The minimum atomic E-state index is -1.78. The number of halogens is 2. The minimum absolute atomic E-state index is 0.0793. The lowest BCUT2D eigenvalue weighted by molar-refractivity contribution is -0.127. The molecule has 0 amide bonds. The van der Waals surface area contributed by atoms with Gasteiger partial charge in [-0.05, 0) is 41.4 Å². The predicted octanol–water partition coefficient (Wildman–Crippen LogP) is 2.70. The van der Waals surface area contributed by atoms with Crippen LogP contribution >= 0.6 is 15.9 Å². The summed E-state index contributed by atoms with van der Waals surface area (Å²) in [5.74, 6) is -0.433. The molecule has 1 heterocycles. The van der Waals surface area contributed by atoms with Crippen molar-refractivity contribution in [2.75, 3.05) is 0 Å². The van der Waals surface area contributed by atoms with Crippen LogP contribution in [0.15, 0.2) is 22.9 Å². The van der Waals surface area contributed by atoms with Crippen molar-refractivity contribution in [3.63, 3.8) is 0 Å². The normalized spacial score (nSPS) is 11.4. The number of nitrogens with zero attached hydrogens (tertiary/aromatic N) is 1. The summed E-state index contributed by atoms with van der Waals surface area (Å²) < 4.78 is 14.0. The fourth-order valence-corrected chi connectivity index (χ4v) is 1.36. The molecule has 0 radical (unpaired) electrons. The molecule has 0 saturated heterocycles. The monoisotopic (exact) mass is 259 g/mol. The Bertz CT molecular complexity index is 346. The highest BCUT2D eigenvalue weighted by atomic mass is 79.9. The molecule has 1 aromatic rings. The van der Waals surface area contributed by atoms with Crippen LogP contribution in [-0.2, 0) is 11.2 Å². The van der Waals surface area contributed by atoms with Crippen molar-refractivity contribution in [3.8, 4) is 0 Å². The Hall–Kier alpha value is -0.770. The minimum Gasteiger partial charge on any atom is -0.296 e. The van der Waals surface area contributed by atoms with E-state index in [-0.39, 0.29) is 6.42 Å². The van der Waals surface area contributed by atoms with Gasteiger partial charge in [-0.1, -0.05) is 0 Å². The second-order valence-corrected chi connectivity index (χ2v) is 4.50. The molecule has 4 heteroatoms. The van der Waals surface area contributed by atoms with Gasteiger partial charge < -0.3 is 0 Å². The van der Waals surface area contributed by atoms with Gasteiger partial charge in [0, 0.05) is 23.3 Å². The van der Waals surface area contributed by atoms with Crippen molar-refractivity contribution >= 4 is 21.7 Å². The number of pyridine rings is 1. The van der Waals surface area contributed by atoms with Crippen LogP contribution in [0.1, 0.15) is 19.4 Å². The Morgan fingerprint density at radius 3 is 2.71 bits per heavy atom. The summed E-state index contributed by atoms with van der Waals surface area (Å²) in [4.78, 5) is 15.2. The van der Waals surface area contributed by atoms with E-state index in [1.54, 1.807) is 18.5 Å². The summed E-state index contributed by atoms with van der Waals surface area (Å²) in [5, 5.41) is 0. The van der Waals surface area contributed by atoms with E-state index >= 15 is 0 Å². The number of Topliss-reactive ketones (excluding diaryl/α,β-unsaturated/α-hetero) is 1. The third-order valence-corrected chi connectivity index (χ3v) is 2.22. The van der Waals surface area contributed by atoms with E-state index in [0.29, 0.717) is 0 Å². The first-order valence-electron chi connectivity index (χ1n) is 4.21. The molecule has 0 aliphatic rings. The van der Waals surface area contributed by atoms with Gasteiger partial charge in [0.05, 0.1) is 0 Å². The maximum absolute atomic E-state index is 13.2. The van der Waals surface area contributed by atoms with Crippen LogP contribution in [0.3, 0.4) is 0 Å². The number of hydrogen-bond acceptors (Lipinski definition) is 2. The molecule has 0 aromatic carbocycles. The van der Waals surface area contributed by atoms with Gasteiger partial charge in [0.15, 0.2) is 11.5 Å². The van der Waals surface area contributed by atoms with E-state index in [1.165, 1.54) is 13.8 Å². The van der Waals surface area contributed by atoms with E-state index < -0.39 is 11.5 Å². The molecule has 2 nitrogen and oxygen atoms in total. The Morgan fingerprint density at radius 2 is 2.21 bits per heavy atom. The van der Waals surface area contributed by atoms with Crippen molar-refractivity contribution in [2.24, 2.45) is 0 Å². The average molecular weight is 260 g/mol. The van der Waals surface area contributed by atoms with Crippen molar-refractivity contribution in [3.05, 3.63) is 28.5 Å². The smallest absolute Gasteiger partial charge is 0.173 e. The molecule has 0 saturated carbocycles. The Kier molecular flexibility index (Phi) is 3.37. The molecular weight excluding hydrogens is 249 g/mol. The maximum Gasteiger partial charge on any atom is 0.173 e. The number of carbonyl (C=O) groups excluding carboxylic acids is 1. The Morgan fingerprint density at radius 1 is 1.57 bits per heavy atom. The van der Waals surface area contributed by atoms with Gasteiger partial charge in [-0.3, -0.25) is 9.78 Å². The number of alkyl halides is 1. The molecular formula is C10H11BrFNO. The van der Waals surface area contributed by atoms with Crippen LogP contribution in [-0.4, -0.2) is 16.4 Å². The van der Waals surface area contributed by atoms with Crippen LogP contribution in [0, 0.1) is 0 Å². The number of aromatic nitrogens is 1. The molecule has 0 N–H and O–H groups in total. The van der Waals surface area contributed by atoms with Crippen LogP contribution in [0.5, 0.6) is 0 Å². The van der Waals surface area contributed by atoms with Gasteiger partial charge in [0.25, 0.3) is 0 Å². The quantitative estimate of drug-likeness (QED) is 0.836. The molecule has 0 aliphatic carbocycles. The van der Waals surface area contributed by atoms with Crippen LogP contribution in [0.2, 0.25) is 0 Å². The van der Waals surface area contributed by atoms with Gasteiger partial charge in [-0.25, -0.2) is 4.39 Å². The molecule has 0 fully saturated rings. The van der Waals surface area contributed by atoms with Gasteiger partial charge in [-0.2, -0.15) is 0 Å². The van der Waals surface area contributed by atoms with Gasteiger partial charge in [0.2, 0.25) is 0 Å². The first-order valence-corrected chi connectivity index (χ1v) is 5.00. The van der Waals surface area contributed by atoms with Crippen LogP contribution < -0.4 is 0 Å². The summed E-state index contributed by atoms with van der Waals surface area (Å²) in [7, 11) is 0. The summed E-state index contributed by atoms with van der Waals surface area (Å²) in [5.41, 5.74) is -1.06. The fraction of sp³-hybridized carbons (Fsp3) is 0.400. The molecule has 14 heavy (non-hydrogen) atoms. The number of ketones is 1. The van der Waals surface area contributed by atoms with E-state index in [4.69, 9.17) is 0 Å². The molecule has 76 valence electrons. The highest BCUT2D eigenvalue weighted by Crippen LogP contribution is 2.15. The van der Waals surface area contributed by atoms with Gasteiger partial charge in [0.1, 0.15) is 0 Å². The maximum atomic E-state index is 13.2. The zero-order valence-electron chi connectivity index (χ0n) is 8.05. The topological polar surface area (TPSA) is 30.0 Å². The molecule has 1 rings (SSSR count). The number of carbonyl (C=O) groups is 1. The lowest BCUT2D eigenvalue weighted by Gasteiger charge is -2.11. The molecule has 0 atom stereocenters. The van der Waals surface area contributed by atoms with Crippen molar-refractivity contribution in [1.82, 2.24) is 4.98 Å². The van der Waals surface area contributed by atoms with Crippen molar-refractivity contribution in [2.45, 2.75) is 25.9 Å². The van der Waals surface area contributed by atoms with Crippen molar-refractivity contribution in [1.29, 1.82) is 0 Å². The van der Waals surface area contributed by atoms with E-state index in [0.717, 1.165) is 10.0 Å². The predicted molar refractivity (Wildman–Crippen MR) is 55.8 cm³/mol. The highest BCUT2D eigenvalue weighted by Gasteiger charge is 2.26. The molecule has 0 spiro atoms. The highest BCUT2D eigenvalue weighted by molar-refractivity contribution is 9.10. The van der Waals surface area contributed by atoms with Gasteiger partial charge in [-0.15, -0.1) is 0 Å². The lowest BCUT2D eigenvalue weighted by Crippen LogP contribution is -2.27. The van der Waals surface area contributed by atoms with Gasteiger partial charge >= 0.3 is 0 Å². The zero-order valence-corrected chi connectivity index (χ0v) is 9.64. The molecule has 0 unspecified atom stereocenters. The summed E-state index contributed by atoms with van der Waals surface area (Å²) >= 11 is 3.23. The largest absolute Gasteiger partial charge is 0.296 e. The number of rotatable bonds is 3. The van der Waals surface area contributed by atoms with Crippen LogP contribution in [0.4, 0.5) is 4.39 Å². The van der Waals surface area contributed by atoms with Crippen molar-refractivity contribution < 1.29 is 9.18 Å². The fourth-order valence-electron chi connectivity index (χ4n) is 0.948. The standard InChI is InChI=1S/C10H11BrFNO/c1-10(2,12)9(14)4-7-3-8(11)6-13-5-7/h3,5-6H,4H2,1-2H3. The summed E-state index contributed by atoms with van der Waals surface area (Å²) in [6.45, 7) is 2.53. The lowest BCUT2D eigenvalue weighted by atomic mass is 10.00. The Balaban J connectivity index is 2.75. The average Bonchev–Trinajstić information content (AvgIpc) is 2.02. The SMILES string of the molecule is CC(C)(F)C(=O)Cc1cncc(Br)c1. The van der Waals surface area contributed by atoms with E-state index in [9.17, 15) is 9.18 Å². The third-order valence-electron chi connectivity index (χ3n) is 1.79. The summed E-state index contributed by atoms with van der Waals surface area (Å²) in [6.07, 6.45) is 3.26. The van der Waals surface area contributed by atoms with E-state index in [2.05, 4.69) is 20.9 Å². The summed E-state index contributed by atoms with van der Waals surface area (Å²) in [6, 6.07) is 1.76. The van der Waals surface area contributed by atoms with Crippen LogP contribution in [0.25, 0.3) is 0 Å². The zero-order chi connectivity index (χ0) is 10.8.